The molecule has 0 amide bonds. The summed E-state index contributed by atoms with van der Waals surface area (Å²) in [6.07, 6.45) is 2.53. The number of nitrogens with two attached hydrogens (primary N) is 1. The molecule has 0 aliphatic carbocycles. The summed E-state index contributed by atoms with van der Waals surface area (Å²) in [6, 6.07) is 10.5. The van der Waals surface area contributed by atoms with Gasteiger partial charge in [0.15, 0.2) is 0 Å². The van der Waals surface area contributed by atoms with Crippen molar-refractivity contribution >= 4 is 24.7 Å². The van der Waals surface area contributed by atoms with E-state index in [2.05, 4.69) is 53.6 Å². The number of benzene rings is 1. The number of hydrogen-bond acceptors (Lipinski definition) is 3. The van der Waals surface area contributed by atoms with Gasteiger partial charge in [-0.25, -0.2) is 9.97 Å². The Labute approximate surface area is 120 Å². The van der Waals surface area contributed by atoms with E-state index in [-0.39, 0.29) is 0 Å². The lowest BCUT2D eigenvalue weighted by atomic mass is 10.0. The van der Waals surface area contributed by atoms with Crippen molar-refractivity contribution in [2.24, 2.45) is 0 Å². The molecule has 0 saturated heterocycles. The zero-order chi connectivity index (χ0) is 14.1. The molecule has 1 aromatic carbocycles. The second-order valence-corrected chi connectivity index (χ2v) is 6.80. The van der Waals surface area contributed by atoms with Gasteiger partial charge in [-0.05, 0) is 31.6 Å². The van der Waals surface area contributed by atoms with Crippen molar-refractivity contribution in [1.82, 2.24) is 9.97 Å². The molecule has 0 spiro atoms. The predicted molar refractivity (Wildman–Crippen MR) is 85.9 cm³/mol. The van der Waals surface area contributed by atoms with E-state index in [0.29, 0.717) is 5.82 Å². The van der Waals surface area contributed by atoms with Crippen LogP contribution in [0.3, 0.4) is 0 Å². The molecule has 2 heterocycles. The molecule has 0 fully saturated rings. The maximum Gasteiger partial charge on any atom is 0.135 e. The molecule has 20 heavy (non-hydrogen) atoms. The molecular weight excluding hydrogens is 265 g/mol. The van der Waals surface area contributed by atoms with Gasteiger partial charge in [-0.15, -0.1) is 0 Å². The van der Waals surface area contributed by atoms with Crippen LogP contribution in [0, 0.1) is 0 Å². The van der Waals surface area contributed by atoms with Gasteiger partial charge in [0.1, 0.15) is 12.1 Å². The number of nitrogen functional groups attached to an aromatic ring is 1. The summed E-state index contributed by atoms with van der Waals surface area (Å²) >= 11 is 0. The number of hydrogen-bond donors (Lipinski definition) is 1. The lowest BCUT2D eigenvalue weighted by Crippen LogP contribution is -2.19. The first-order valence-electron chi connectivity index (χ1n) is 6.46. The molecule has 2 N–H and O–H groups in total. The number of nitrogens with zero attached hydrogens (tertiary/aromatic N) is 2. The molecule has 100 valence electrons. The lowest BCUT2D eigenvalue weighted by Gasteiger charge is -2.25. The molecule has 1 aromatic heterocycles. The first kappa shape index (κ1) is 13.0. The Kier molecular flexibility index (Phi) is 3.37. The summed E-state index contributed by atoms with van der Waals surface area (Å²) in [5.74, 6) is 2.83. The average Bonchev–Trinajstić information content (AvgIpc) is 2.45. The SMILES string of the molecule is C=C1C(C)=CP(Cc2ccccc2)c2ncnc(N)c21. The highest BCUT2D eigenvalue weighted by atomic mass is 31.1. The van der Waals surface area contributed by atoms with Crippen molar-refractivity contribution in [3.8, 4) is 0 Å². The maximum atomic E-state index is 6.02. The molecule has 1 atom stereocenters. The molecule has 1 unspecified atom stereocenters. The molecule has 0 radical (unpaired) electrons. The maximum absolute atomic E-state index is 6.02. The van der Waals surface area contributed by atoms with Gasteiger partial charge >= 0.3 is 0 Å². The molecule has 3 rings (SSSR count). The molecule has 0 bridgehead atoms. The third-order valence-corrected chi connectivity index (χ3v) is 5.74. The van der Waals surface area contributed by atoms with E-state index in [1.807, 2.05) is 6.07 Å². The average molecular weight is 281 g/mol. The van der Waals surface area contributed by atoms with Crippen molar-refractivity contribution in [3.05, 3.63) is 65.8 Å². The van der Waals surface area contributed by atoms with E-state index in [4.69, 9.17) is 5.73 Å². The van der Waals surface area contributed by atoms with Crippen molar-refractivity contribution in [3.63, 3.8) is 0 Å². The molecule has 2 aromatic rings. The zero-order valence-corrected chi connectivity index (χ0v) is 12.3. The van der Waals surface area contributed by atoms with Crippen LogP contribution in [0.15, 0.2) is 54.6 Å². The van der Waals surface area contributed by atoms with Crippen LogP contribution in [0.25, 0.3) is 5.57 Å². The van der Waals surface area contributed by atoms with Gasteiger partial charge in [0.25, 0.3) is 0 Å². The van der Waals surface area contributed by atoms with Crippen LogP contribution in [0.1, 0.15) is 18.1 Å². The van der Waals surface area contributed by atoms with Gasteiger partial charge < -0.3 is 5.73 Å². The molecule has 1 aliphatic heterocycles. The molecular formula is C16H16N3P. The van der Waals surface area contributed by atoms with Gasteiger partial charge in [-0.2, -0.15) is 0 Å². The Morgan fingerprint density at radius 3 is 2.70 bits per heavy atom. The fraction of sp³-hybridized carbons (Fsp3) is 0.125. The summed E-state index contributed by atoms with van der Waals surface area (Å²) in [7, 11) is -0.500. The van der Waals surface area contributed by atoms with Crippen LogP contribution in [-0.2, 0) is 6.16 Å². The van der Waals surface area contributed by atoms with Crippen LogP contribution < -0.4 is 11.2 Å². The number of rotatable bonds is 2. The van der Waals surface area contributed by atoms with Crippen LogP contribution >= 0.6 is 7.92 Å². The molecule has 3 nitrogen and oxygen atoms in total. The normalized spacial score (nSPS) is 17.6. The first-order valence-corrected chi connectivity index (χ1v) is 8.05. The minimum atomic E-state index is -0.500. The Morgan fingerprint density at radius 2 is 1.95 bits per heavy atom. The zero-order valence-electron chi connectivity index (χ0n) is 11.4. The lowest BCUT2D eigenvalue weighted by molar-refractivity contribution is 1.19. The van der Waals surface area contributed by atoms with Gasteiger partial charge in [-0.1, -0.05) is 42.7 Å². The van der Waals surface area contributed by atoms with Gasteiger partial charge in [-0.3, -0.25) is 0 Å². The fourth-order valence-electron chi connectivity index (χ4n) is 2.37. The van der Waals surface area contributed by atoms with Gasteiger partial charge in [0.2, 0.25) is 0 Å². The number of fused-ring (bicyclic) bond motifs is 1. The Hall–Kier alpha value is -1.99. The van der Waals surface area contributed by atoms with Crippen molar-refractivity contribution < 1.29 is 0 Å². The minimum Gasteiger partial charge on any atom is -0.383 e. The first-order chi connectivity index (χ1) is 9.66. The standard InChI is InChI=1S/C16H16N3P/c1-11-8-20(9-13-6-4-3-5-7-13)16-14(12(11)2)15(17)18-10-19-16/h3-8,10H,2,9H2,1H3,(H2,17,18,19). The second kappa shape index (κ2) is 5.18. The van der Waals surface area contributed by atoms with E-state index in [1.54, 1.807) is 6.33 Å². The van der Waals surface area contributed by atoms with E-state index in [1.165, 1.54) is 11.1 Å². The van der Waals surface area contributed by atoms with Crippen LogP contribution in [0.2, 0.25) is 0 Å². The van der Waals surface area contributed by atoms with Gasteiger partial charge in [0, 0.05) is 11.7 Å². The van der Waals surface area contributed by atoms with E-state index < -0.39 is 7.92 Å². The second-order valence-electron chi connectivity index (χ2n) is 4.86. The Bertz CT molecular complexity index is 692. The van der Waals surface area contributed by atoms with Crippen molar-refractivity contribution in [2.45, 2.75) is 13.1 Å². The third kappa shape index (κ3) is 2.25. The highest BCUT2D eigenvalue weighted by Gasteiger charge is 2.25. The predicted octanol–water partition coefficient (Wildman–Crippen LogP) is 3.30. The van der Waals surface area contributed by atoms with Crippen molar-refractivity contribution in [1.29, 1.82) is 0 Å². The number of anilines is 1. The largest absolute Gasteiger partial charge is 0.383 e. The van der Waals surface area contributed by atoms with E-state index >= 15 is 0 Å². The van der Waals surface area contributed by atoms with E-state index in [9.17, 15) is 0 Å². The highest BCUT2D eigenvalue weighted by Crippen LogP contribution is 2.48. The third-order valence-electron chi connectivity index (χ3n) is 3.45. The van der Waals surface area contributed by atoms with Crippen molar-refractivity contribution in [2.75, 3.05) is 5.73 Å². The smallest absolute Gasteiger partial charge is 0.135 e. The van der Waals surface area contributed by atoms with Crippen LogP contribution in [0.5, 0.6) is 0 Å². The molecule has 0 saturated carbocycles. The molecule has 4 heteroatoms. The highest BCUT2D eigenvalue weighted by molar-refractivity contribution is 7.68. The van der Waals surface area contributed by atoms with Crippen LogP contribution in [-0.4, -0.2) is 9.97 Å². The Morgan fingerprint density at radius 1 is 1.20 bits per heavy atom. The Balaban J connectivity index is 2.04. The number of aromatic nitrogens is 2. The van der Waals surface area contributed by atoms with E-state index in [0.717, 1.165) is 22.7 Å². The van der Waals surface area contributed by atoms with Crippen LogP contribution in [0.4, 0.5) is 5.82 Å². The fourth-order valence-corrected chi connectivity index (χ4v) is 4.69. The molecule has 1 aliphatic rings. The summed E-state index contributed by atoms with van der Waals surface area (Å²) in [6.45, 7) is 6.20. The summed E-state index contributed by atoms with van der Waals surface area (Å²) in [5, 5.41) is 0. The van der Waals surface area contributed by atoms with Gasteiger partial charge in [0.05, 0.1) is 5.44 Å². The monoisotopic (exact) mass is 281 g/mol. The summed E-state index contributed by atoms with van der Waals surface area (Å²) in [5.41, 5.74) is 11.5. The summed E-state index contributed by atoms with van der Waals surface area (Å²) in [4.78, 5) is 8.58. The summed E-state index contributed by atoms with van der Waals surface area (Å²) < 4.78 is 0. The minimum absolute atomic E-state index is 0.500. The quantitative estimate of drug-likeness (QED) is 0.859. The topological polar surface area (TPSA) is 51.8 Å². The number of allylic oxidation sites excluding steroid dienone is 2.